The number of benzene rings is 2. The van der Waals surface area contributed by atoms with E-state index >= 15 is 0 Å². The molecule has 3 heteroatoms. The Kier molecular flexibility index (Phi) is 3.33. The van der Waals surface area contributed by atoms with Gasteiger partial charge in [0.15, 0.2) is 0 Å². The quantitative estimate of drug-likeness (QED) is 0.696. The average molecular weight is 284 g/mol. The van der Waals surface area contributed by atoms with E-state index in [1.54, 1.807) is 10.6 Å². The molecule has 0 fully saturated rings. The van der Waals surface area contributed by atoms with Gasteiger partial charge < -0.3 is 4.57 Å². The summed E-state index contributed by atoms with van der Waals surface area (Å²) < 4.78 is 1.77. The maximum atomic E-state index is 12.3. The molecule has 0 aliphatic carbocycles. The number of fused-ring (bicyclic) bond motifs is 1. The highest BCUT2D eigenvalue weighted by molar-refractivity contribution is 6.31. The Balaban J connectivity index is 2.24. The summed E-state index contributed by atoms with van der Waals surface area (Å²) in [6, 6.07) is 17.3. The van der Waals surface area contributed by atoms with E-state index in [0.29, 0.717) is 11.6 Å². The van der Waals surface area contributed by atoms with E-state index < -0.39 is 0 Å². The van der Waals surface area contributed by atoms with Crippen LogP contribution < -0.4 is 5.56 Å². The third-order valence-electron chi connectivity index (χ3n) is 3.46. The zero-order valence-corrected chi connectivity index (χ0v) is 11.9. The molecule has 0 saturated heterocycles. The minimum absolute atomic E-state index is 0.00104. The standard InChI is InChI=1S/C17H14ClNO/c1-12-9-17(20)19(11-13-5-3-2-4-6-13)16-10-14(18)7-8-15(12)16/h2-10H,11H2,1H3. The summed E-state index contributed by atoms with van der Waals surface area (Å²) in [4.78, 5) is 12.3. The van der Waals surface area contributed by atoms with Gasteiger partial charge in [-0.25, -0.2) is 0 Å². The van der Waals surface area contributed by atoms with Crippen LogP contribution in [0.25, 0.3) is 10.9 Å². The van der Waals surface area contributed by atoms with E-state index in [9.17, 15) is 4.79 Å². The predicted octanol–water partition coefficient (Wildman–Crippen LogP) is 4.01. The van der Waals surface area contributed by atoms with Gasteiger partial charge in [0, 0.05) is 16.5 Å². The molecule has 0 aliphatic heterocycles. The summed E-state index contributed by atoms with van der Waals surface area (Å²) in [5.41, 5.74) is 2.96. The minimum atomic E-state index is 0.00104. The second kappa shape index (κ2) is 5.14. The number of hydrogen-bond donors (Lipinski definition) is 0. The molecule has 3 aromatic rings. The highest BCUT2D eigenvalue weighted by Crippen LogP contribution is 2.21. The molecular formula is C17H14ClNO. The third kappa shape index (κ3) is 2.35. The molecule has 2 nitrogen and oxygen atoms in total. The molecule has 0 radical (unpaired) electrons. The fourth-order valence-corrected chi connectivity index (χ4v) is 2.62. The van der Waals surface area contributed by atoms with Crippen LogP contribution in [0.5, 0.6) is 0 Å². The largest absolute Gasteiger partial charge is 0.304 e. The van der Waals surface area contributed by atoms with Crippen molar-refractivity contribution in [3.05, 3.63) is 81.1 Å². The summed E-state index contributed by atoms with van der Waals surface area (Å²) in [7, 11) is 0. The molecule has 0 aliphatic rings. The molecular weight excluding hydrogens is 270 g/mol. The van der Waals surface area contributed by atoms with Crippen molar-refractivity contribution in [1.82, 2.24) is 4.57 Å². The van der Waals surface area contributed by atoms with Crippen LogP contribution in [0.1, 0.15) is 11.1 Å². The lowest BCUT2D eigenvalue weighted by Crippen LogP contribution is -2.20. The first-order valence-corrected chi connectivity index (χ1v) is 6.86. The lowest BCUT2D eigenvalue weighted by atomic mass is 10.1. The van der Waals surface area contributed by atoms with Gasteiger partial charge in [0.1, 0.15) is 0 Å². The fourth-order valence-electron chi connectivity index (χ4n) is 2.45. The van der Waals surface area contributed by atoms with Crippen molar-refractivity contribution in [1.29, 1.82) is 0 Å². The summed E-state index contributed by atoms with van der Waals surface area (Å²) in [6.45, 7) is 2.50. The lowest BCUT2D eigenvalue weighted by molar-refractivity contribution is 0.793. The van der Waals surface area contributed by atoms with E-state index in [2.05, 4.69) is 0 Å². The first-order valence-electron chi connectivity index (χ1n) is 6.49. The monoisotopic (exact) mass is 283 g/mol. The van der Waals surface area contributed by atoms with Gasteiger partial charge in [0.25, 0.3) is 5.56 Å². The summed E-state index contributed by atoms with van der Waals surface area (Å²) in [5.74, 6) is 0. The van der Waals surface area contributed by atoms with Crippen molar-refractivity contribution in [2.45, 2.75) is 13.5 Å². The molecule has 0 spiro atoms. The molecule has 1 heterocycles. The van der Waals surface area contributed by atoms with E-state index in [0.717, 1.165) is 22.0 Å². The topological polar surface area (TPSA) is 22.0 Å². The number of rotatable bonds is 2. The molecule has 0 amide bonds. The SMILES string of the molecule is Cc1cc(=O)n(Cc2ccccc2)c2cc(Cl)ccc12. The normalized spacial score (nSPS) is 10.9. The van der Waals surface area contributed by atoms with Crippen molar-refractivity contribution in [2.75, 3.05) is 0 Å². The van der Waals surface area contributed by atoms with E-state index in [1.165, 1.54) is 0 Å². The van der Waals surface area contributed by atoms with Gasteiger partial charge in [0.05, 0.1) is 12.1 Å². The second-order valence-electron chi connectivity index (χ2n) is 4.90. The summed E-state index contributed by atoms with van der Waals surface area (Å²) in [5, 5.41) is 1.70. The molecule has 2 aromatic carbocycles. The third-order valence-corrected chi connectivity index (χ3v) is 3.70. The van der Waals surface area contributed by atoms with Crippen LogP contribution in [0.4, 0.5) is 0 Å². The summed E-state index contributed by atoms with van der Waals surface area (Å²) >= 11 is 6.08. The Morgan fingerprint density at radius 3 is 2.55 bits per heavy atom. The van der Waals surface area contributed by atoms with Crippen molar-refractivity contribution in [3.63, 3.8) is 0 Å². The minimum Gasteiger partial charge on any atom is -0.304 e. The van der Waals surface area contributed by atoms with Crippen LogP contribution in [0.2, 0.25) is 5.02 Å². The van der Waals surface area contributed by atoms with E-state index in [-0.39, 0.29) is 5.56 Å². The van der Waals surface area contributed by atoms with Gasteiger partial charge >= 0.3 is 0 Å². The number of nitrogens with zero attached hydrogens (tertiary/aromatic N) is 1. The van der Waals surface area contributed by atoms with Crippen molar-refractivity contribution >= 4 is 22.5 Å². The Labute approximate surface area is 122 Å². The lowest BCUT2D eigenvalue weighted by Gasteiger charge is -2.12. The van der Waals surface area contributed by atoms with Gasteiger partial charge in [-0.2, -0.15) is 0 Å². The Morgan fingerprint density at radius 2 is 1.80 bits per heavy atom. The maximum absolute atomic E-state index is 12.3. The van der Waals surface area contributed by atoms with Crippen molar-refractivity contribution in [2.24, 2.45) is 0 Å². The van der Waals surface area contributed by atoms with E-state index in [1.807, 2.05) is 55.5 Å². The first kappa shape index (κ1) is 12.9. The number of halogens is 1. The molecule has 20 heavy (non-hydrogen) atoms. The van der Waals surface area contributed by atoms with Crippen LogP contribution >= 0.6 is 11.6 Å². The Hall–Kier alpha value is -2.06. The average Bonchev–Trinajstić information content (AvgIpc) is 2.44. The van der Waals surface area contributed by atoms with Gasteiger partial charge in [0.2, 0.25) is 0 Å². The molecule has 0 atom stereocenters. The smallest absolute Gasteiger partial charge is 0.251 e. The zero-order valence-electron chi connectivity index (χ0n) is 11.1. The fraction of sp³-hybridized carbons (Fsp3) is 0.118. The van der Waals surface area contributed by atoms with Crippen LogP contribution in [-0.4, -0.2) is 4.57 Å². The van der Waals surface area contributed by atoms with Gasteiger partial charge in [-0.15, -0.1) is 0 Å². The van der Waals surface area contributed by atoms with Crippen LogP contribution in [0.15, 0.2) is 59.4 Å². The Bertz CT molecular complexity index is 822. The number of pyridine rings is 1. The first-order chi connectivity index (χ1) is 9.65. The van der Waals surface area contributed by atoms with Gasteiger partial charge in [-0.05, 0) is 30.2 Å². The second-order valence-corrected chi connectivity index (χ2v) is 5.34. The molecule has 100 valence electrons. The molecule has 0 bridgehead atoms. The summed E-state index contributed by atoms with van der Waals surface area (Å²) in [6.07, 6.45) is 0. The number of aromatic nitrogens is 1. The highest BCUT2D eigenvalue weighted by Gasteiger charge is 2.07. The van der Waals surface area contributed by atoms with Crippen LogP contribution in [0.3, 0.4) is 0 Å². The van der Waals surface area contributed by atoms with Crippen molar-refractivity contribution < 1.29 is 0 Å². The van der Waals surface area contributed by atoms with Crippen LogP contribution in [0, 0.1) is 6.92 Å². The molecule has 0 saturated carbocycles. The van der Waals surface area contributed by atoms with Crippen molar-refractivity contribution in [3.8, 4) is 0 Å². The van der Waals surface area contributed by atoms with Gasteiger partial charge in [-0.3, -0.25) is 4.79 Å². The highest BCUT2D eigenvalue weighted by atomic mass is 35.5. The maximum Gasteiger partial charge on any atom is 0.251 e. The Morgan fingerprint density at radius 1 is 1.05 bits per heavy atom. The van der Waals surface area contributed by atoms with E-state index in [4.69, 9.17) is 11.6 Å². The number of hydrogen-bond acceptors (Lipinski definition) is 1. The molecule has 1 aromatic heterocycles. The molecule has 0 N–H and O–H groups in total. The van der Waals surface area contributed by atoms with Crippen LogP contribution in [-0.2, 0) is 6.54 Å². The number of aryl methyl sites for hydroxylation is 1. The molecule has 3 rings (SSSR count). The predicted molar refractivity (Wildman–Crippen MR) is 83.5 cm³/mol. The molecule has 0 unspecified atom stereocenters. The van der Waals surface area contributed by atoms with Gasteiger partial charge in [-0.1, -0.05) is 48.0 Å². The zero-order chi connectivity index (χ0) is 14.1.